The van der Waals surface area contributed by atoms with Crippen LogP contribution >= 0.6 is 37.0 Å². The minimum Gasteiger partial charge on any atom is -0.316 e. The maximum Gasteiger partial charge on any atom is 0.286 e. The lowest BCUT2D eigenvalue weighted by Gasteiger charge is -2.18. The fraction of sp³-hybridized carbons (Fsp3) is 0.526. The lowest BCUT2D eigenvalue weighted by Crippen LogP contribution is -2.26. The van der Waals surface area contributed by atoms with E-state index in [0.717, 1.165) is 54.4 Å². The molecule has 1 saturated heterocycles. The first-order valence-electron chi connectivity index (χ1n) is 9.06. The number of imide groups is 1. The van der Waals surface area contributed by atoms with E-state index in [4.69, 9.17) is 0 Å². The summed E-state index contributed by atoms with van der Waals surface area (Å²) in [6.07, 6.45) is 4.84. The average Bonchev–Trinajstić information content (AvgIpc) is 2.96. The van der Waals surface area contributed by atoms with Crippen molar-refractivity contribution in [1.82, 2.24) is 5.32 Å². The first-order chi connectivity index (χ1) is 12.9. The smallest absolute Gasteiger partial charge is 0.286 e. The van der Waals surface area contributed by atoms with E-state index in [0.29, 0.717) is 18.1 Å². The van der Waals surface area contributed by atoms with Crippen LogP contribution in [0.3, 0.4) is 0 Å². The van der Waals surface area contributed by atoms with Crippen molar-refractivity contribution in [3.63, 3.8) is 0 Å². The van der Waals surface area contributed by atoms with Crippen LogP contribution in [-0.4, -0.2) is 40.4 Å². The molecule has 0 aliphatic carbocycles. The zero-order valence-electron chi connectivity index (χ0n) is 15.4. The number of nitrogens with zero attached hydrogens (tertiary/aromatic N) is 1. The number of benzene rings is 1. The second-order valence-electron chi connectivity index (χ2n) is 6.62. The van der Waals surface area contributed by atoms with Gasteiger partial charge in [-0.15, -0.1) is 0 Å². The van der Waals surface area contributed by atoms with E-state index in [2.05, 4.69) is 30.6 Å². The Bertz CT molecular complexity index is 667. The normalized spacial score (nSPS) is 17.7. The van der Waals surface area contributed by atoms with Crippen LogP contribution in [0.4, 0.5) is 10.5 Å². The van der Waals surface area contributed by atoms with Crippen LogP contribution in [0.5, 0.6) is 0 Å². The topological polar surface area (TPSA) is 66.5 Å². The van der Waals surface area contributed by atoms with Crippen molar-refractivity contribution >= 4 is 59.8 Å². The highest BCUT2D eigenvalue weighted by atomic mass is 32.2. The highest BCUT2D eigenvalue weighted by Gasteiger charge is 2.31. The number of carbonyl (C=O) groups excluding carboxylic acids is 3. The number of anilines is 1. The van der Waals surface area contributed by atoms with Crippen molar-refractivity contribution < 1.29 is 14.4 Å². The summed E-state index contributed by atoms with van der Waals surface area (Å²) in [6.45, 7) is 0. The number of nitrogens with one attached hydrogen (secondary N) is 1. The van der Waals surface area contributed by atoms with Crippen molar-refractivity contribution in [2.45, 2.75) is 49.0 Å². The molecular weight excluding hydrogens is 400 g/mol. The molecule has 1 aliphatic rings. The number of hydrogen-bond acceptors (Lipinski definition) is 6. The molecule has 0 radical (unpaired) electrons. The Morgan fingerprint density at radius 2 is 1.93 bits per heavy atom. The predicted octanol–water partition coefficient (Wildman–Crippen LogP) is 3.72. The third-order valence-corrected chi connectivity index (χ3v) is 6.28. The lowest BCUT2D eigenvalue weighted by molar-refractivity contribution is -0.119. The molecule has 2 rings (SSSR count). The first kappa shape index (κ1) is 22.2. The van der Waals surface area contributed by atoms with Gasteiger partial charge in [0.1, 0.15) is 0 Å². The SMILES string of the molecule is CN(C(=O)CCCCC(S)CCS)c1ccc(CC2SC(=O)NC2=O)cc1. The number of thioether (sulfide) groups is 1. The predicted molar refractivity (Wildman–Crippen MR) is 118 cm³/mol. The van der Waals surface area contributed by atoms with Crippen LogP contribution in [-0.2, 0) is 16.0 Å². The highest BCUT2D eigenvalue weighted by molar-refractivity contribution is 8.15. The Morgan fingerprint density at radius 1 is 1.22 bits per heavy atom. The van der Waals surface area contributed by atoms with Crippen molar-refractivity contribution in [3.8, 4) is 0 Å². The minimum absolute atomic E-state index is 0.0870. The number of thiol groups is 2. The van der Waals surface area contributed by atoms with Crippen molar-refractivity contribution in [2.75, 3.05) is 17.7 Å². The molecule has 1 aromatic carbocycles. The third-order valence-electron chi connectivity index (χ3n) is 4.53. The van der Waals surface area contributed by atoms with Crippen LogP contribution in [0, 0.1) is 0 Å². The van der Waals surface area contributed by atoms with Crippen LogP contribution < -0.4 is 10.2 Å². The molecule has 2 unspecified atom stereocenters. The molecule has 5 nitrogen and oxygen atoms in total. The molecule has 0 spiro atoms. The maximum absolute atomic E-state index is 12.4. The Labute approximate surface area is 175 Å². The van der Waals surface area contributed by atoms with Gasteiger partial charge in [0, 0.05) is 24.4 Å². The Kier molecular flexibility index (Phi) is 9.05. The molecular formula is C19H26N2O3S3. The van der Waals surface area contributed by atoms with Gasteiger partial charge >= 0.3 is 0 Å². The summed E-state index contributed by atoms with van der Waals surface area (Å²) in [5, 5.41) is 1.99. The third kappa shape index (κ3) is 7.08. The van der Waals surface area contributed by atoms with Gasteiger partial charge in [-0.2, -0.15) is 25.3 Å². The largest absolute Gasteiger partial charge is 0.316 e. The summed E-state index contributed by atoms with van der Waals surface area (Å²) >= 11 is 9.74. The fourth-order valence-corrected chi connectivity index (χ4v) is 4.55. The van der Waals surface area contributed by atoms with Crippen LogP contribution in [0.15, 0.2) is 24.3 Å². The Morgan fingerprint density at radius 3 is 2.52 bits per heavy atom. The summed E-state index contributed by atoms with van der Waals surface area (Å²) in [5.41, 5.74) is 1.79. The van der Waals surface area contributed by atoms with Crippen LogP contribution in [0.25, 0.3) is 0 Å². The van der Waals surface area contributed by atoms with Gasteiger partial charge in [0.15, 0.2) is 0 Å². The number of rotatable bonds is 10. The minimum atomic E-state index is -0.374. The number of amides is 3. The highest BCUT2D eigenvalue weighted by Crippen LogP contribution is 2.24. The molecule has 0 aromatic heterocycles. The summed E-state index contributed by atoms with van der Waals surface area (Å²) in [7, 11) is 1.78. The van der Waals surface area contributed by atoms with Gasteiger partial charge < -0.3 is 4.90 Å². The van der Waals surface area contributed by atoms with Gasteiger partial charge in [0.25, 0.3) is 5.24 Å². The monoisotopic (exact) mass is 426 g/mol. The van der Waals surface area contributed by atoms with E-state index in [1.165, 1.54) is 0 Å². The zero-order valence-corrected chi connectivity index (χ0v) is 18.0. The van der Waals surface area contributed by atoms with Gasteiger partial charge in [0.2, 0.25) is 11.8 Å². The number of unbranched alkanes of at least 4 members (excludes halogenated alkanes) is 1. The summed E-state index contributed by atoms with van der Waals surface area (Å²) in [6, 6.07) is 7.56. The molecule has 1 N–H and O–H groups in total. The average molecular weight is 427 g/mol. The second-order valence-corrected chi connectivity index (χ2v) is 8.97. The molecule has 1 aromatic rings. The van der Waals surface area contributed by atoms with Gasteiger partial charge in [-0.1, -0.05) is 30.3 Å². The van der Waals surface area contributed by atoms with Crippen molar-refractivity contribution in [1.29, 1.82) is 0 Å². The van der Waals surface area contributed by atoms with Gasteiger partial charge in [-0.25, -0.2) is 0 Å². The van der Waals surface area contributed by atoms with Gasteiger partial charge in [0.05, 0.1) is 5.25 Å². The van der Waals surface area contributed by atoms with E-state index in [9.17, 15) is 14.4 Å². The summed E-state index contributed by atoms with van der Waals surface area (Å²) in [4.78, 5) is 36.9. The molecule has 3 amide bonds. The lowest BCUT2D eigenvalue weighted by atomic mass is 10.1. The molecule has 8 heteroatoms. The molecule has 27 heavy (non-hydrogen) atoms. The van der Waals surface area contributed by atoms with E-state index in [1.807, 2.05) is 24.3 Å². The summed E-state index contributed by atoms with van der Waals surface area (Å²) in [5.74, 6) is 0.690. The number of hydrogen-bond donors (Lipinski definition) is 3. The molecule has 1 aliphatic heterocycles. The number of carbonyl (C=O) groups is 3. The van der Waals surface area contributed by atoms with Crippen molar-refractivity contribution in [3.05, 3.63) is 29.8 Å². The summed E-state index contributed by atoms with van der Waals surface area (Å²) < 4.78 is 0. The quantitative estimate of drug-likeness (QED) is 0.394. The molecule has 0 bridgehead atoms. The Balaban J connectivity index is 1.78. The van der Waals surface area contributed by atoms with E-state index < -0.39 is 0 Å². The standard InChI is InChI=1S/C19H26N2O3S3/c1-21(17(22)5-3-2-4-15(26)10-11-25)14-8-6-13(7-9-14)12-16-18(23)20-19(24)27-16/h6-9,15-16,25-26H,2-5,10-12H2,1H3,(H,20,23,24). The second kappa shape index (κ2) is 11.0. The van der Waals surface area contributed by atoms with Gasteiger partial charge in [-0.05, 0) is 49.1 Å². The zero-order chi connectivity index (χ0) is 19.8. The molecule has 0 saturated carbocycles. The molecule has 1 heterocycles. The van der Waals surface area contributed by atoms with Crippen LogP contribution in [0.2, 0.25) is 0 Å². The molecule has 148 valence electrons. The Hall–Kier alpha value is -1.12. The maximum atomic E-state index is 12.4. The molecule has 1 fully saturated rings. The first-order valence-corrected chi connectivity index (χ1v) is 11.1. The fourth-order valence-electron chi connectivity index (χ4n) is 2.86. The molecule has 2 atom stereocenters. The van der Waals surface area contributed by atoms with E-state index in [-0.39, 0.29) is 22.3 Å². The van der Waals surface area contributed by atoms with Crippen molar-refractivity contribution in [2.24, 2.45) is 0 Å². The van der Waals surface area contributed by atoms with E-state index >= 15 is 0 Å². The van der Waals surface area contributed by atoms with Gasteiger partial charge in [-0.3, -0.25) is 19.7 Å². The van der Waals surface area contributed by atoms with E-state index in [1.54, 1.807) is 11.9 Å². The van der Waals surface area contributed by atoms with Crippen LogP contribution in [0.1, 0.15) is 37.7 Å².